The summed E-state index contributed by atoms with van der Waals surface area (Å²) in [6, 6.07) is 5.26. The van der Waals surface area contributed by atoms with Gasteiger partial charge in [0.2, 0.25) is 0 Å². The van der Waals surface area contributed by atoms with Crippen LogP contribution in [0.15, 0.2) is 18.2 Å². The van der Waals surface area contributed by atoms with Gasteiger partial charge in [0.1, 0.15) is 6.54 Å². The quantitative estimate of drug-likeness (QED) is 0.647. The fourth-order valence-electron chi connectivity index (χ4n) is 1.72. The maximum Gasteiger partial charge on any atom is 0.325 e. The van der Waals surface area contributed by atoms with E-state index in [1.54, 1.807) is 19.1 Å². The number of carbonyl (C=O) groups excluding carboxylic acids is 2. The van der Waals surface area contributed by atoms with E-state index in [1.165, 1.54) is 4.90 Å². The van der Waals surface area contributed by atoms with Crippen LogP contribution in [0.25, 0.3) is 0 Å². The van der Waals surface area contributed by atoms with Crippen molar-refractivity contribution >= 4 is 17.6 Å². The number of likely N-dealkylation sites (N-methyl/N-ethyl adjacent to an activating group) is 1. The van der Waals surface area contributed by atoms with Crippen LogP contribution in [0, 0.1) is 6.92 Å². The molecule has 5 nitrogen and oxygen atoms in total. The second-order valence-corrected chi connectivity index (χ2v) is 4.22. The first-order chi connectivity index (χ1) is 8.99. The zero-order valence-corrected chi connectivity index (χ0v) is 11.6. The van der Waals surface area contributed by atoms with Crippen molar-refractivity contribution in [2.75, 3.05) is 25.4 Å². The van der Waals surface area contributed by atoms with Crippen LogP contribution in [-0.4, -0.2) is 36.5 Å². The Morgan fingerprint density at radius 1 is 1.32 bits per heavy atom. The molecule has 0 spiro atoms. The Labute approximate surface area is 113 Å². The fourth-order valence-corrected chi connectivity index (χ4v) is 1.72. The van der Waals surface area contributed by atoms with Crippen molar-refractivity contribution in [2.45, 2.75) is 20.8 Å². The van der Waals surface area contributed by atoms with E-state index in [0.29, 0.717) is 24.4 Å². The minimum absolute atomic E-state index is 0.0590. The maximum absolute atomic E-state index is 12.3. The van der Waals surface area contributed by atoms with Gasteiger partial charge in [0.05, 0.1) is 12.2 Å². The molecule has 0 aromatic heterocycles. The molecule has 0 aliphatic rings. The van der Waals surface area contributed by atoms with E-state index < -0.39 is 5.97 Å². The van der Waals surface area contributed by atoms with Crippen molar-refractivity contribution in [3.05, 3.63) is 29.3 Å². The summed E-state index contributed by atoms with van der Waals surface area (Å²) in [6.45, 7) is 6.09. The van der Waals surface area contributed by atoms with Crippen LogP contribution < -0.4 is 5.73 Å². The van der Waals surface area contributed by atoms with Gasteiger partial charge in [0.15, 0.2) is 0 Å². The smallest absolute Gasteiger partial charge is 0.325 e. The van der Waals surface area contributed by atoms with E-state index in [2.05, 4.69) is 0 Å². The standard InChI is InChI=1S/C14H20N2O3/c1-4-16(9-13(17)19-5-2)14(18)11-8-10(3)6-7-12(11)15/h6-8H,4-5,9,15H2,1-3H3. The number of anilines is 1. The van der Waals surface area contributed by atoms with Crippen molar-refractivity contribution < 1.29 is 14.3 Å². The molecule has 1 amide bonds. The molecular formula is C14H20N2O3. The SMILES string of the molecule is CCOC(=O)CN(CC)C(=O)c1cc(C)ccc1N. The normalized spacial score (nSPS) is 10.1. The zero-order valence-electron chi connectivity index (χ0n) is 11.6. The first-order valence-corrected chi connectivity index (χ1v) is 6.30. The average Bonchev–Trinajstić information content (AvgIpc) is 2.38. The van der Waals surface area contributed by atoms with Gasteiger partial charge >= 0.3 is 5.97 Å². The number of nitrogen functional groups attached to an aromatic ring is 1. The van der Waals surface area contributed by atoms with Crippen molar-refractivity contribution in [3.63, 3.8) is 0 Å². The van der Waals surface area contributed by atoms with Gasteiger partial charge < -0.3 is 15.4 Å². The molecule has 0 atom stereocenters. The molecule has 0 unspecified atom stereocenters. The van der Waals surface area contributed by atoms with E-state index in [-0.39, 0.29) is 12.5 Å². The molecule has 0 radical (unpaired) electrons. The average molecular weight is 264 g/mol. The molecule has 5 heteroatoms. The lowest BCUT2D eigenvalue weighted by atomic mass is 10.1. The molecule has 0 bridgehead atoms. The number of ether oxygens (including phenoxy) is 1. The van der Waals surface area contributed by atoms with Crippen LogP contribution in [0.1, 0.15) is 29.8 Å². The number of nitrogens with zero attached hydrogens (tertiary/aromatic N) is 1. The van der Waals surface area contributed by atoms with Crippen molar-refractivity contribution in [2.24, 2.45) is 0 Å². The third-order valence-corrected chi connectivity index (χ3v) is 2.73. The summed E-state index contributed by atoms with van der Waals surface area (Å²) in [7, 11) is 0. The molecule has 0 aliphatic heterocycles. The monoisotopic (exact) mass is 264 g/mol. The molecule has 104 valence electrons. The third-order valence-electron chi connectivity index (χ3n) is 2.73. The summed E-state index contributed by atoms with van der Waals surface area (Å²) in [6.07, 6.45) is 0. The van der Waals surface area contributed by atoms with Gasteiger partial charge in [-0.05, 0) is 32.9 Å². The molecule has 1 aromatic rings. The first kappa shape index (κ1) is 15.0. The zero-order chi connectivity index (χ0) is 14.4. The highest BCUT2D eigenvalue weighted by molar-refractivity contribution is 6.00. The largest absolute Gasteiger partial charge is 0.465 e. The molecule has 19 heavy (non-hydrogen) atoms. The van der Waals surface area contributed by atoms with E-state index in [1.807, 2.05) is 19.9 Å². The Morgan fingerprint density at radius 3 is 2.58 bits per heavy atom. The number of amides is 1. The van der Waals surface area contributed by atoms with Gasteiger partial charge in [-0.3, -0.25) is 9.59 Å². The van der Waals surface area contributed by atoms with Crippen molar-refractivity contribution in [1.82, 2.24) is 4.90 Å². The summed E-state index contributed by atoms with van der Waals surface area (Å²) < 4.78 is 4.85. The summed E-state index contributed by atoms with van der Waals surface area (Å²) in [4.78, 5) is 25.2. The molecule has 0 aliphatic carbocycles. The molecule has 1 rings (SSSR count). The predicted octanol–water partition coefficient (Wildman–Crippen LogP) is 1.60. The molecule has 0 fully saturated rings. The van der Waals surface area contributed by atoms with Gasteiger partial charge in [-0.1, -0.05) is 11.6 Å². The lowest BCUT2D eigenvalue weighted by Gasteiger charge is -2.20. The molecule has 0 saturated heterocycles. The highest BCUT2D eigenvalue weighted by Crippen LogP contribution is 2.16. The molecule has 0 heterocycles. The number of benzene rings is 1. The van der Waals surface area contributed by atoms with Gasteiger partial charge in [-0.25, -0.2) is 0 Å². The van der Waals surface area contributed by atoms with Gasteiger partial charge in [0.25, 0.3) is 5.91 Å². The van der Waals surface area contributed by atoms with Crippen molar-refractivity contribution in [3.8, 4) is 0 Å². The molecule has 0 saturated carbocycles. The van der Waals surface area contributed by atoms with E-state index in [9.17, 15) is 9.59 Å². The fraction of sp³-hybridized carbons (Fsp3) is 0.429. The number of esters is 1. The Bertz CT molecular complexity index is 472. The van der Waals surface area contributed by atoms with Crippen LogP contribution >= 0.6 is 0 Å². The van der Waals surface area contributed by atoms with Crippen LogP contribution in [-0.2, 0) is 9.53 Å². The topological polar surface area (TPSA) is 72.6 Å². The van der Waals surface area contributed by atoms with Crippen LogP contribution in [0.4, 0.5) is 5.69 Å². The molecule has 2 N–H and O–H groups in total. The number of rotatable bonds is 5. The Kier molecular flexibility index (Phi) is 5.36. The number of nitrogens with two attached hydrogens (primary N) is 1. The Balaban J connectivity index is 2.89. The van der Waals surface area contributed by atoms with E-state index >= 15 is 0 Å². The summed E-state index contributed by atoms with van der Waals surface area (Å²) in [5.41, 5.74) is 7.59. The maximum atomic E-state index is 12.3. The summed E-state index contributed by atoms with van der Waals surface area (Å²) in [5.74, 6) is -0.666. The van der Waals surface area contributed by atoms with Crippen LogP contribution in [0.5, 0.6) is 0 Å². The van der Waals surface area contributed by atoms with Gasteiger partial charge in [0, 0.05) is 12.2 Å². The molecular weight excluding hydrogens is 244 g/mol. The highest BCUT2D eigenvalue weighted by Gasteiger charge is 2.19. The van der Waals surface area contributed by atoms with Crippen LogP contribution in [0.2, 0.25) is 0 Å². The number of aryl methyl sites for hydroxylation is 1. The first-order valence-electron chi connectivity index (χ1n) is 6.30. The van der Waals surface area contributed by atoms with Crippen LogP contribution in [0.3, 0.4) is 0 Å². The van der Waals surface area contributed by atoms with E-state index in [0.717, 1.165) is 5.56 Å². The van der Waals surface area contributed by atoms with Crippen molar-refractivity contribution in [1.29, 1.82) is 0 Å². The number of hydrogen-bond acceptors (Lipinski definition) is 4. The predicted molar refractivity (Wildman–Crippen MR) is 73.8 cm³/mol. The van der Waals surface area contributed by atoms with E-state index in [4.69, 9.17) is 10.5 Å². The summed E-state index contributed by atoms with van der Waals surface area (Å²) in [5, 5.41) is 0. The third kappa shape index (κ3) is 3.98. The molecule has 1 aromatic carbocycles. The second kappa shape index (κ2) is 6.78. The second-order valence-electron chi connectivity index (χ2n) is 4.22. The lowest BCUT2D eigenvalue weighted by Crippen LogP contribution is -2.36. The lowest BCUT2D eigenvalue weighted by molar-refractivity contribution is -0.143. The Morgan fingerprint density at radius 2 is 2.00 bits per heavy atom. The number of carbonyl (C=O) groups is 2. The summed E-state index contributed by atoms with van der Waals surface area (Å²) >= 11 is 0. The number of hydrogen-bond donors (Lipinski definition) is 1. The minimum atomic E-state index is -0.413. The van der Waals surface area contributed by atoms with Gasteiger partial charge in [-0.15, -0.1) is 0 Å². The van der Waals surface area contributed by atoms with Gasteiger partial charge in [-0.2, -0.15) is 0 Å². The minimum Gasteiger partial charge on any atom is -0.465 e. The highest BCUT2D eigenvalue weighted by atomic mass is 16.5. The Hall–Kier alpha value is -2.04.